The van der Waals surface area contributed by atoms with Crippen molar-refractivity contribution in [2.45, 2.75) is 52.5 Å². The fourth-order valence-corrected chi connectivity index (χ4v) is 4.49. The van der Waals surface area contributed by atoms with Gasteiger partial charge in [0.15, 0.2) is 5.75 Å². The summed E-state index contributed by atoms with van der Waals surface area (Å²) in [5.74, 6) is 2.64. The Kier molecular flexibility index (Phi) is 7.30. The van der Waals surface area contributed by atoms with Crippen LogP contribution in [0.1, 0.15) is 55.5 Å². The highest BCUT2D eigenvalue weighted by Crippen LogP contribution is 2.38. The summed E-state index contributed by atoms with van der Waals surface area (Å²) in [7, 11) is 0. The summed E-state index contributed by atoms with van der Waals surface area (Å²) < 4.78 is 11.8. The summed E-state index contributed by atoms with van der Waals surface area (Å²) >= 11 is 0. The third-order valence-electron chi connectivity index (χ3n) is 6.25. The maximum absolute atomic E-state index is 13.2. The van der Waals surface area contributed by atoms with E-state index in [1.165, 1.54) is 0 Å². The second kappa shape index (κ2) is 10.3. The lowest BCUT2D eigenvalue weighted by atomic mass is 9.86. The van der Waals surface area contributed by atoms with Crippen molar-refractivity contribution in [1.82, 2.24) is 10.3 Å². The van der Waals surface area contributed by atoms with Gasteiger partial charge in [-0.15, -0.1) is 0 Å². The average molecular weight is 438 g/mol. The number of nitrogens with zero attached hydrogens (tertiary/aromatic N) is 2. The first-order valence-corrected chi connectivity index (χ1v) is 11.9. The van der Waals surface area contributed by atoms with Gasteiger partial charge < -0.3 is 19.7 Å². The summed E-state index contributed by atoms with van der Waals surface area (Å²) in [5.41, 5.74) is 2.62. The predicted octanol–water partition coefficient (Wildman–Crippen LogP) is 4.88. The number of carbonyl (C=O) groups is 1. The largest absolute Gasteiger partial charge is 0.489 e. The number of amides is 1. The zero-order chi connectivity index (χ0) is 22.5. The molecule has 1 aromatic carbocycles. The van der Waals surface area contributed by atoms with E-state index in [9.17, 15) is 4.79 Å². The lowest BCUT2D eigenvalue weighted by Crippen LogP contribution is -2.39. The molecular formula is C26H35N3O3. The molecular weight excluding hydrogens is 402 g/mol. The SMILES string of the molecule is Cc1ccc(N2CCOc3c(C(=O)N[C@H]4CC[C@H](COCC(C)C)CC4)cccc32)nc1. The van der Waals surface area contributed by atoms with Crippen LogP contribution < -0.4 is 15.0 Å². The number of hydrogen-bond acceptors (Lipinski definition) is 5. The van der Waals surface area contributed by atoms with Crippen LogP contribution in [0.2, 0.25) is 0 Å². The van der Waals surface area contributed by atoms with Crippen LogP contribution in [-0.2, 0) is 4.74 Å². The Morgan fingerprint density at radius 2 is 2.03 bits per heavy atom. The summed E-state index contributed by atoms with van der Waals surface area (Å²) in [4.78, 5) is 19.8. The molecule has 6 nitrogen and oxygen atoms in total. The third kappa shape index (κ3) is 5.41. The number of carbonyl (C=O) groups excluding carboxylic acids is 1. The van der Waals surface area contributed by atoms with Gasteiger partial charge in [0.05, 0.1) is 17.8 Å². The lowest BCUT2D eigenvalue weighted by molar-refractivity contribution is 0.0630. The summed E-state index contributed by atoms with van der Waals surface area (Å²) in [6.45, 7) is 9.26. The first-order chi connectivity index (χ1) is 15.5. The van der Waals surface area contributed by atoms with Crippen LogP contribution in [0.4, 0.5) is 11.5 Å². The van der Waals surface area contributed by atoms with Crippen LogP contribution >= 0.6 is 0 Å². The molecule has 0 bridgehead atoms. The standard InChI is InChI=1S/C26H35N3O3/c1-18(2)16-31-17-20-8-10-21(11-9-20)28-26(30)22-5-4-6-23-25(22)32-14-13-29(23)24-12-7-19(3)15-27-24/h4-7,12,15,18,20-21H,8-11,13-14,16-17H2,1-3H3,(H,28,30)/t20-,21-. The van der Waals surface area contributed by atoms with E-state index in [1.54, 1.807) is 0 Å². The molecule has 1 aromatic heterocycles. The van der Waals surface area contributed by atoms with Crippen LogP contribution in [0.15, 0.2) is 36.5 Å². The molecule has 6 heteroatoms. The van der Waals surface area contributed by atoms with Gasteiger partial charge in [0, 0.05) is 25.5 Å². The van der Waals surface area contributed by atoms with Gasteiger partial charge >= 0.3 is 0 Å². The van der Waals surface area contributed by atoms with Crippen molar-refractivity contribution >= 4 is 17.4 Å². The molecule has 1 N–H and O–H groups in total. The summed E-state index contributed by atoms with van der Waals surface area (Å²) in [6, 6.07) is 10.0. The Hall–Kier alpha value is -2.60. The highest BCUT2D eigenvalue weighted by molar-refractivity contribution is 5.99. The summed E-state index contributed by atoms with van der Waals surface area (Å²) in [6.07, 6.45) is 6.05. The average Bonchev–Trinajstić information content (AvgIpc) is 2.80. The number of aryl methyl sites for hydroxylation is 1. The minimum atomic E-state index is -0.0555. The molecule has 1 aliphatic carbocycles. The Labute approximate surface area is 191 Å². The molecule has 1 aliphatic heterocycles. The number of hydrogen-bond donors (Lipinski definition) is 1. The first kappa shape index (κ1) is 22.6. The van der Waals surface area contributed by atoms with E-state index in [0.717, 1.165) is 56.0 Å². The first-order valence-electron chi connectivity index (χ1n) is 11.9. The van der Waals surface area contributed by atoms with Gasteiger partial charge in [-0.2, -0.15) is 0 Å². The molecule has 4 rings (SSSR count). The number of benzene rings is 1. The Balaban J connectivity index is 1.39. The minimum absolute atomic E-state index is 0.0555. The molecule has 0 atom stereocenters. The van der Waals surface area contributed by atoms with Crippen LogP contribution in [0.3, 0.4) is 0 Å². The second-order valence-corrected chi connectivity index (χ2v) is 9.47. The Morgan fingerprint density at radius 3 is 2.75 bits per heavy atom. The van der Waals surface area contributed by atoms with E-state index in [0.29, 0.717) is 36.3 Å². The molecule has 2 aliphatic rings. The fraction of sp³-hybridized carbons (Fsp3) is 0.538. The lowest BCUT2D eigenvalue weighted by Gasteiger charge is -2.32. The Bertz CT molecular complexity index is 905. The van der Waals surface area contributed by atoms with Gasteiger partial charge in [-0.1, -0.05) is 26.0 Å². The number of anilines is 2. The van der Waals surface area contributed by atoms with Gasteiger partial charge in [0.1, 0.15) is 12.4 Å². The van der Waals surface area contributed by atoms with Gasteiger partial charge in [-0.05, 0) is 68.2 Å². The zero-order valence-electron chi connectivity index (χ0n) is 19.5. The van der Waals surface area contributed by atoms with Gasteiger partial charge in [0.25, 0.3) is 5.91 Å². The van der Waals surface area contributed by atoms with Crippen LogP contribution in [0.5, 0.6) is 5.75 Å². The van der Waals surface area contributed by atoms with Crippen molar-refractivity contribution < 1.29 is 14.3 Å². The number of fused-ring (bicyclic) bond motifs is 1. The normalized spacial score (nSPS) is 20.6. The topological polar surface area (TPSA) is 63.7 Å². The summed E-state index contributed by atoms with van der Waals surface area (Å²) in [5, 5.41) is 3.25. The third-order valence-corrected chi connectivity index (χ3v) is 6.25. The van der Waals surface area contributed by atoms with E-state index in [2.05, 4.69) is 35.1 Å². The van der Waals surface area contributed by atoms with Crippen LogP contribution in [-0.4, -0.2) is 43.3 Å². The predicted molar refractivity (Wildman–Crippen MR) is 127 cm³/mol. The van der Waals surface area contributed by atoms with Crippen molar-refractivity contribution in [3.63, 3.8) is 0 Å². The van der Waals surface area contributed by atoms with Crippen molar-refractivity contribution in [3.05, 3.63) is 47.7 Å². The maximum Gasteiger partial charge on any atom is 0.255 e. The van der Waals surface area contributed by atoms with Gasteiger partial charge in [-0.3, -0.25) is 4.79 Å². The van der Waals surface area contributed by atoms with E-state index in [1.807, 2.05) is 37.4 Å². The monoisotopic (exact) mass is 437 g/mol. The van der Waals surface area contributed by atoms with E-state index >= 15 is 0 Å². The number of rotatable bonds is 7. The van der Waals surface area contributed by atoms with Crippen molar-refractivity contribution in [3.8, 4) is 5.75 Å². The zero-order valence-corrected chi connectivity index (χ0v) is 19.5. The van der Waals surface area contributed by atoms with Gasteiger partial charge in [-0.25, -0.2) is 4.98 Å². The van der Waals surface area contributed by atoms with E-state index in [4.69, 9.17) is 9.47 Å². The van der Waals surface area contributed by atoms with Crippen LogP contribution in [0, 0.1) is 18.8 Å². The fourth-order valence-electron chi connectivity index (χ4n) is 4.49. The molecule has 0 radical (unpaired) electrons. The number of nitrogens with one attached hydrogen (secondary N) is 1. The highest BCUT2D eigenvalue weighted by Gasteiger charge is 2.28. The van der Waals surface area contributed by atoms with E-state index < -0.39 is 0 Å². The minimum Gasteiger partial charge on any atom is -0.489 e. The number of para-hydroxylation sites is 1. The van der Waals surface area contributed by atoms with Crippen LogP contribution in [0.25, 0.3) is 0 Å². The molecule has 172 valence electrons. The molecule has 32 heavy (non-hydrogen) atoms. The quantitative estimate of drug-likeness (QED) is 0.669. The van der Waals surface area contributed by atoms with E-state index in [-0.39, 0.29) is 11.9 Å². The molecule has 0 spiro atoms. The molecule has 1 saturated carbocycles. The van der Waals surface area contributed by atoms with Crippen molar-refractivity contribution in [2.75, 3.05) is 31.3 Å². The number of pyridine rings is 1. The van der Waals surface area contributed by atoms with Gasteiger partial charge in [0.2, 0.25) is 0 Å². The highest BCUT2D eigenvalue weighted by atomic mass is 16.5. The van der Waals surface area contributed by atoms with Crippen molar-refractivity contribution in [1.29, 1.82) is 0 Å². The molecule has 1 amide bonds. The molecule has 1 fully saturated rings. The van der Waals surface area contributed by atoms with Crippen molar-refractivity contribution in [2.24, 2.45) is 11.8 Å². The molecule has 2 aromatic rings. The smallest absolute Gasteiger partial charge is 0.255 e. The molecule has 0 saturated heterocycles. The number of aromatic nitrogens is 1. The number of ether oxygens (including phenoxy) is 2. The second-order valence-electron chi connectivity index (χ2n) is 9.47. The molecule has 2 heterocycles. The Morgan fingerprint density at radius 1 is 1.22 bits per heavy atom. The molecule has 0 unspecified atom stereocenters. The maximum atomic E-state index is 13.2.